The second-order valence-corrected chi connectivity index (χ2v) is 7.07. The number of benzene rings is 2. The van der Waals surface area contributed by atoms with Crippen molar-refractivity contribution in [3.05, 3.63) is 52.7 Å². The molecule has 0 bridgehead atoms. The Hall–Kier alpha value is -3.21. The quantitative estimate of drug-likeness (QED) is 0.282. The average Bonchev–Trinajstić information content (AvgIpc) is 3.03. The van der Waals surface area contributed by atoms with E-state index in [0.29, 0.717) is 12.1 Å². The fourth-order valence-corrected chi connectivity index (χ4v) is 3.28. The monoisotopic (exact) mass is 478 g/mol. The molecule has 12 heteroatoms. The predicted octanol–water partition coefficient (Wildman–Crippen LogP) is 6.08. The Morgan fingerprint density at radius 2 is 1.72 bits per heavy atom. The summed E-state index contributed by atoms with van der Waals surface area (Å²) in [6, 6.07) is 5.63. The zero-order valence-corrected chi connectivity index (χ0v) is 17.0. The number of halogens is 7. The van der Waals surface area contributed by atoms with Gasteiger partial charge in [-0.05, 0) is 35.9 Å². The van der Waals surface area contributed by atoms with Crippen LogP contribution in [0.5, 0.6) is 11.5 Å². The number of phenols is 1. The Morgan fingerprint density at radius 1 is 1.06 bits per heavy atom. The van der Waals surface area contributed by atoms with Crippen molar-refractivity contribution >= 4 is 17.6 Å². The number of hydrogen-bond acceptors (Lipinski definition) is 4. The van der Waals surface area contributed by atoms with Crippen molar-refractivity contribution in [1.29, 1.82) is 0 Å². The third kappa shape index (κ3) is 4.52. The molecule has 0 unspecified atom stereocenters. The molecule has 0 spiro atoms. The van der Waals surface area contributed by atoms with E-state index < -0.39 is 46.1 Å². The average molecular weight is 479 g/mol. The van der Waals surface area contributed by atoms with Crippen LogP contribution in [0.2, 0.25) is 5.02 Å². The fraction of sp³-hybridized carbons (Fsp3) is 0.200. The van der Waals surface area contributed by atoms with E-state index in [1.807, 2.05) is 0 Å². The molecule has 1 N–H and O–H groups in total. The van der Waals surface area contributed by atoms with Crippen LogP contribution in [0.25, 0.3) is 22.4 Å². The molecule has 0 saturated heterocycles. The standard InChI is InChI=1S/C20H13ClF6N2O3/c1-9(30)32-18-11(14-8-16(20(25,26)27)28-29(14)2)4-6-15(31)17(18)10-3-5-13(21)12(7-10)19(22,23)24/h3-8,31H,1-2H3. The van der Waals surface area contributed by atoms with Gasteiger partial charge in [-0.2, -0.15) is 31.4 Å². The number of nitrogens with zero attached hydrogens (tertiary/aromatic N) is 2. The molecule has 2 aromatic carbocycles. The first-order chi connectivity index (χ1) is 14.7. The largest absolute Gasteiger partial charge is 0.507 e. The van der Waals surface area contributed by atoms with Crippen LogP contribution >= 0.6 is 11.6 Å². The molecule has 0 aliphatic rings. The number of hydrogen-bond donors (Lipinski definition) is 1. The maximum Gasteiger partial charge on any atom is 0.435 e. The highest BCUT2D eigenvalue weighted by Gasteiger charge is 2.36. The van der Waals surface area contributed by atoms with Crippen LogP contribution in [-0.2, 0) is 24.2 Å². The fourth-order valence-electron chi connectivity index (χ4n) is 3.06. The molecule has 3 rings (SSSR count). The van der Waals surface area contributed by atoms with Gasteiger partial charge in [-0.3, -0.25) is 9.48 Å². The number of carbonyl (C=O) groups is 1. The van der Waals surface area contributed by atoms with Crippen LogP contribution in [0, 0.1) is 0 Å². The molecule has 1 aromatic heterocycles. The van der Waals surface area contributed by atoms with Crippen LogP contribution in [-0.4, -0.2) is 20.9 Å². The smallest absolute Gasteiger partial charge is 0.435 e. The summed E-state index contributed by atoms with van der Waals surface area (Å²) in [5.41, 5.74) is -3.27. The minimum atomic E-state index is -4.83. The molecule has 5 nitrogen and oxygen atoms in total. The molecular weight excluding hydrogens is 466 g/mol. The minimum absolute atomic E-state index is 0.109. The normalized spacial score (nSPS) is 12.2. The van der Waals surface area contributed by atoms with Crippen molar-refractivity contribution in [1.82, 2.24) is 9.78 Å². The number of rotatable bonds is 3. The Kier molecular flexibility index (Phi) is 5.90. The van der Waals surface area contributed by atoms with Gasteiger partial charge in [0.1, 0.15) is 5.75 Å². The highest BCUT2D eigenvalue weighted by atomic mass is 35.5. The highest BCUT2D eigenvalue weighted by Crippen LogP contribution is 2.47. The number of ether oxygens (including phenoxy) is 1. The van der Waals surface area contributed by atoms with Crippen molar-refractivity contribution in [3.8, 4) is 33.9 Å². The summed E-state index contributed by atoms with van der Waals surface area (Å²) in [6.45, 7) is 0.991. The SMILES string of the molecule is CC(=O)Oc1c(-c2cc(C(F)(F)F)nn2C)ccc(O)c1-c1ccc(Cl)c(C(F)(F)F)c1. The first-order valence-electron chi connectivity index (χ1n) is 8.73. The van der Waals surface area contributed by atoms with Gasteiger partial charge in [0, 0.05) is 19.5 Å². The van der Waals surface area contributed by atoms with Crippen molar-refractivity contribution in [3.63, 3.8) is 0 Å². The predicted molar refractivity (Wildman–Crippen MR) is 102 cm³/mol. The summed E-state index contributed by atoms with van der Waals surface area (Å²) in [7, 11) is 1.21. The van der Waals surface area contributed by atoms with E-state index in [0.717, 1.165) is 35.9 Å². The second kappa shape index (κ2) is 8.05. The van der Waals surface area contributed by atoms with E-state index in [1.165, 1.54) is 7.05 Å². The molecule has 32 heavy (non-hydrogen) atoms. The van der Waals surface area contributed by atoms with E-state index in [-0.39, 0.29) is 22.4 Å². The summed E-state index contributed by atoms with van der Waals surface area (Å²) in [5, 5.41) is 13.2. The topological polar surface area (TPSA) is 64.3 Å². The third-order valence-corrected chi connectivity index (χ3v) is 4.72. The Balaban J connectivity index is 2.33. The number of aromatic nitrogens is 2. The van der Waals surface area contributed by atoms with Gasteiger partial charge < -0.3 is 9.84 Å². The lowest BCUT2D eigenvalue weighted by atomic mass is 9.96. The van der Waals surface area contributed by atoms with Gasteiger partial charge in [0.25, 0.3) is 0 Å². The van der Waals surface area contributed by atoms with Crippen molar-refractivity contribution in [2.45, 2.75) is 19.3 Å². The number of aryl methyl sites for hydroxylation is 1. The van der Waals surface area contributed by atoms with Gasteiger partial charge in [0.15, 0.2) is 11.4 Å². The van der Waals surface area contributed by atoms with Crippen LogP contribution in [0.15, 0.2) is 36.4 Å². The van der Waals surface area contributed by atoms with Crippen LogP contribution in [0.1, 0.15) is 18.2 Å². The lowest BCUT2D eigenvalue weighted by Gasteiger charge is -2.17. The maximum atomic E-state index is 13.3. The number of carbonyl (C=O) groups excluding carboxylic acids is 1. The molecule has 170 valence electrons. The van der Waals surface area contributed by atoms with Gasteiger partial charge in [-0.1, -0.05) is 17.7 Å². The number of phenolic OH excluding ortho intramolecular Hbond substituents is 1. The summed E-state index contributed by atoms with van der Waals surface area (Å²) in [5.74, 6) is -1.93. The highest BCUT2D eigenvalue weighted by molar-refractivity contribution is 6.31. The third-order valence-electron chi connectivity index (χ3n) is 4.39. The molecule has 0 atom stereocenters. The van der Waals surface area contributed by atoms with Gasteiger partial charge in [-0.15, -0.1) is 0 Å². The molecular formula is C20H13ClF6N2O3. The van der Waals surface area contributed by atoms with Gasteiger partial charge in [0.2, 0.25) is 0 Å². The van der Waals surface area contributed by atoms with E-state index in [9.17, 15) is 36.2 Å². The molecule has 3 aromatic rings. The van der Waals surface area contributed by atoms with Gasteiger partial charge in [-0.25, -0.2) is 0 Å². The van der Waals surface area contributed by atoms with Gasteiger partial charge >= 0.3 is 18.3 Å². The minimum Gasteiger partial charge on any atom is -0.507 e. The van der Waals surface area contributed by atoms with Crippen molar-refractivity contribution in [2.75, 3.05) is 0 Å². The van der Waals surface area contributed by atoms with Crippen LogP contribution in [0.3, 0.4) is 0 Å². The van der Waals surface area contributed by atoms with Crippen molar-refractivity contribution < 1.29 is 41.0 Å². The molecule has 0 fully saturated rings. The van der Waals surface area contributed by atoms with E-state index >= 15 is 0 Å². The van der Waals surface area contributed by atoms with Gasteiger partial charge in [0.05, 0.1) is 21.8 Å². The summed E-state index contributed by atoms with van der Waals surface area (Å²) in [6.07, 6.45) is -9.60. The van der Waals surface area contributed by atoms with E-state index in [2.05, 4.69) is 5.10 Å². The first-order valence-corrected chi connectivity index (χ1v) is 9.11. The molecule has 0 saturated carbocycles. The van der Waals surface area contributed by atoms with E-state index in [1.54, 1.807) is 0 Å². The molecule has 0 aliphatic carbocycles. The second-order valence-electron chi connectivity index (χ2n) is 6.66. The summed E-state index contributed by atoms with van der Waals surface area (Å²) >= 11 is 5.64. The molecule has 0 amide bonds. The summed E-state index contributed by atoms with van der Waals surface area (Å²) < 4.78 is 85.2. The molecule has 0 aliphatic heterocycles. The Labute approximate surface area is 181 Å². The van der Waals surface area contributed by atoms with Crippen LogP contribution in [0.4, 0.5) is 26.3 Å². The lowest BCUT2D eigenvalue weighted by molar-refractivity contribution is -0.141. The zero-order valence-electron chi connectivity index (χ0n) is 16.3. The van der Waals surface area contributed by atoms with Crippen molar-refractivity contribution in [2.24, 2.45) is 7.05 Å². The summed E-state index contributed by atoms with van der Waals surface area (Å²) in [4.78, 5) is 11.7. The number of esters is 1. The Morgan fingerprint density at radius 3 is 2.25 bits per heavy atom. The number of alkyl halides is 6. The number of aromatic hydroxyl groups is 1. The zero-order chi connectivity index (χ0) is 24.0. The lowest BCUT2D eigenvalue weighted by Crippen LogP contribution is -2.08. The maximum absolute atomic E-state index is 13.3. The first kappa shape index (κ1) is 23.5. The molecule has 1 heterocycles. The Bertz CT molecular complexity index is 1200. The van der Waals surface area contributed by atoms with E-state index in [4.69, 9.17) is 16.3 Å². The molecule has 0 radical (unpaired) electrons. The van der Waals surface area contributed by atoms with Crippen LogP contribution < -0.4 is 4.74 Å².